The van der Waals surface area contributed by atoms with Crippen molar-refractivity contribution in [3.05, 3.63) is 109 Å². The fraction of sp³-hybridized carbons (Fsp3) is 0.716. The molecule has 0 aromatic carbocycles. The Morgan fingerprint density at radius 2 is 0.487 bits per heavy atom. The zero-order valence-electron chi connectivity index (χ0n) is 52.6. The first-order valence-corrected chi connectivity index (χ1v) is 33.9. The lowest BCUT2D eigenvalue weighted by atomic mass is 10.0. The number of carbonyl (C=O) groups is 3. The molecule has 0 aliphatic heterocycles. The minimum atomic E-state index is -0.799. The molecular formula is C74H126O6. The Morgan fingerprint density at radius 3 is 0.762 bits per heavy atom. The summed E-state index contributed by atoms with van der Waals surface area (Å²) in [5.74, 6) is -0.916. The number of esters is 3. The van der Waals surface area contributed by atoms with E-state index < -0.39 is 6.10 Å². The number of hydrogen-bond acceptors (Lipinski definition) is 6. The molecule has 0 heterocycles. The van der Waals surface area contributed by atoms with Gasteiger partial charge in [-0.1, -0.05) is 304 Å². The Bertz CT molecular complexity index is 1610. The lowest BCUT2D eigenvalue weighted by Gasteiger charge is -2.18. The van der Waals surface area contributed by atoms with E-state index in [-0.39, 0.29) is 31.1 Å². The standard InChI is InChI=1S/C74H126O6/c1-4-7-10-13-16-19-22-25-28-31-34-36-37-39-40-43-46-49-52-55-58-61-64-67-73(76)79-70-71(69-78-72(75)66-63-60-57-54-51-48-45-42-33-30-27-24-21-18-15-12-9-6-3)80-74(77)68-65-62-59-56-53-50-47-44-41-38-35-32-29-26-23-20-17-14-11-8-5-2/h7,10,16,19,23,25-26,28,32,34-36,39-41,44,46,49,71H,4-6,8-9,11-15,17-18,20-22,24,27,29-31,33,37-38,42-43,45,47-48,50-70H2,1-3H3/b10-7-,19-16-,26-23-,28-25-,35-32-,36-34-,40-39-,44-41-,49-46-. The summed E-state index contributed by atoms with van der Waals surface area (Å²) >= 11 is 0. The summed E-state index contributed by atoms with van der Waals surface area (Å²) in [6, 6.07) is 0. The first-order chi connectivity index (χ1) is 39.5. The minimum Gasteiger partial charge on any atom is -0.462 e. The number of unbranched alkanes of at least 4 members (excludes halogenated alkanes) is 32. The molecule has 0 aliphatic rings. The summed E-state index contributed by atoms with van der Waals surface area (Å²) in [4.78, 5) is 38.4. The van der Waals surface area contributed by atoms with Crippen LogP contribution in [0, 0.1) is 0 Å². The predicted molar refractivity (Wildman–Crippen MR) is 348 cm³/mol. The van der Waals surface area contributed by atoms with Gasteiger partial charge in [-0.15, -0.1) is 0 Å². The third kappa shape index (κ3) is 64.9. The molecule has 0 rings (SSSR count). The third-order valence-electron chi connectivity index (χ3n) is 14.5. The second kappa shape index (κ2) is 67.6. The highest BCUT2D eigenvalue weighted by atomic mass is 16.6. The molecule has 1 unspecified atom stereocenters. The molecular weight excluding hydrogens is 985 g/mol. The minimum absolute atomic E-state index is 0.0904. The Balaban J connectivity index is 4.46. The molecule has 0 aromatic rings. The van der Waals surface area contributed by atoms with Gasteiger partial charge < -0.3 is 14.2 Å². The van der Waals surface area contributed by atoms with E-state index in [1.165, 1.54) is 148 Å². The molecule has 0 bridgehead atoms. The maximum absolute atomic E-state index is 12.9. The average Bonchev–Trinajstić information content (AvgIpc) is 3.46. The highest BCUT2D eigenvalue weighted by Gasteiger charge is 2.19. The Hall–Kier alpha value is -3.93. The van der Waals surface area contributed by atoms with Crippen molar-refractivity contribution in [2.75, 3.05) is 13.2 Å². The van der Waals surface area contributed by atoms with E-state index in [0.29, 0.717) is 19.3 Å². The van der Waals surface area contributed by atoms with Gasteiger partial charge in [0.15, 0.2) is 6.10 Å². The molecule has 458 valence electrons. The van der Waals surface area contributed by atoms with Crippen LogP contribution >= 0.6 is 0 Å². The summed E-state index contributed by atoms with van der Waals surface area (Å²) in [6.07, 6.45) is 92.3. The fourth-order valence-electron chi connectivity index (χ4n) is 9.45. The van der Waals surface area contributed by atoms with Gasteiger partial charge in [-0.3, -0.25) is 14.4 Å². The molecule has 1 atom stereocenters. The number of allylic oxidation sites excluding steroid dienone is 18. The topological polar surface area (TPSA) is 78.9 Å². The Kier molecular flexibility index (Phi) is 64.3. The van der Waals surface area contributed by atoms with Crippen molar-refractivity contribution in [3.8, 4) is 0 Å². The average molecular weight is 1110 g/mol. The number of rotatable bonds is 61. The van der Waals surface area contributed by atoms with Crippen molar-refractivity contribution in [1.82, 2.24) is 0 Å². The summed E-state index contributed by atoms with van der Waals surface area (Å²) in [6.45, 7) is 6.52. The van der Waals surface area contributed by atoms with Crippen LogP contribution in [-0.4, -0.2) is 37.2 Å². The van der Waals surface area contributed by atoms with Gasteiger partial charge in [0, 0.05) is 19.3 Å². The van der Waals surface area contributed by atoms with Crippen molar-refractivity contribution < 1.29 is 28.6 Å². The van der Waals surface area contributed by atoms with Crippen molar-refractivity contribution in [1.29, 1.82) is 0 Å². The molecule has 0 amide bonds. The first kappa shape index (κ1) is 76.1. The fourth-order valence-corrected chi connectivity index (χ4v) is 9.45. The van der Waals surface area contributed by atoms with Crippen LogP contribution < -0.4 is 0 Å². The quantitative estimate of drug-likeness (QED) is 0.0261. The molecule has 80 heavy (non-hydrogen) atoms. The van der Waals surface area contributed by atoms with Gasteiger partial charge in [0.25, 0.3) is 0 Å². The number of hydrogen-bond donors (Lipinski definition) is 0. The summed E-state index contributed by atoms with van der Waals surface area (Å²) in [5, 5.41) is 0. The van der Waals surface area contributed by atoms with Crippen molar-refractivity contribution >= 4 is 17.9 Å². The maximum Gasteiger partial charge on any atom is 0.306 e. The maximum atomic E-state index is 12.9. The molecule has 0 saturated carbocycles. The molecule has 6 nitrogen and oxygen atoms in total. The lowest BCUT2D eigenvalue weighted by molar-refractivity contribution is -0.167. The van der Waals surface area contributed by atoms with Crippen LogP contribution in [0.25, 0.3) is 0 Å². The predicted octanol–water partition coefficient (Wildman–Crippen LogP) is 23.4. The van der Waals surface area contributed by atoms with Crippen LogP contribution in [0.5, 0.6) is 0 Å². The Morgan fingerprint density at radius 1 is 0.263 bits per heavy atom. The van der Waals surface area contributed by atoms with E-state index in [9.17, 15) is 14.4 Å². The lowest BCUT2D eigenvalue weighted by Crippen LogP contribution is -2.30. The van der Waals surface area contributed by atoms with E-state index in [1.807, 2.05) is 0 Å². The molecule has 0 aromatic heterocycles. The largest absolute Gasteiger partial charge is 0.462 e. The van der Waals surface area contributed by atoms with Crippen LogP contribution in [0.15, 0.2) is 109 Å². The summed E-state index contributed by atoms with van der Waals surface area (Å²) in [5.41, 5.74) is 0. The highest BCUT2D eigenvalue weighted by molar-refractivity contribution is 5.71. The normalized spacial score (nSPS) is 12.8. The first-order valence-electron chi connectivity index (χ1n) is 33.9. The van der Waals surface area contributed by atoms with Crippen LogP contribution in [0.2, 0.25) is 0 Å². The van der Waals surface area contributed by atoms with Crippen molar-refractivity contribution in [2.24, 2.45) is 0 Å². The van der Waals surface area contributed by atoms with Gasteiger partial charge >= 0.3 is 17.9 Å². The second-order valence-corrected chi connectivity index (χ2v) is 22.4. The third-order valence-corrected chi connectivity index (χ3v) is 14.5. The van der Waals surface area contributed by atoms with Gasteiger partial charge in [0.1, 0.15) is 13.2 Å². The van der Waals surface area contributed by atoms with Gasteiger partial charge in [-0.25, -0.2) is 0 Å². The molecule has 0 radical (unpaired) electrons. The van der Waals surface area contributed by atoms with Crippen molar-refractivity contribution in [2.45, 2.75) is 329 Å². The van der Waals surface area contributed by atoms with Crippen LogP contribution in [0.1, 0.15) is 323 Å². The van der Waals surface area contributed by atoms with Gasteiger partial charge in [0.2, 0.25) is 0 Å². The van der Waals surface area contributed by atoms with Crippen molar-refractivity contribution in [3.63, 3.8) is 0 Å². The summed E-state index contributed by atoms with van der Waals surface area (Å²) in [7, 11) is 0. The van der Waals surface area contributed by atoms with Gasteiger partial charge in [0.05, 0.1) is 0 Å². The number of ether oxygens (including phenoxy) is 3. The van der Waals surface area contributed by atoms with Crippen LogP contribution in [-0.2, 0) is 28.6 Å². The second-order valence-electron chi connectivity index (χ2n) is 22.4. The molecule has 6 heteroatoms. The Labute approximate surface area is 495 Å². The molecule has 0 aliphatic carbocycles. The SMILES string of the molecule is CC/C=C\C/C=C\C/C=C\C/C=C\C/C=C\C/C=C\CCCCCCC(=O)OCC(COC(=O)CCCCCCCCCCCCCCCCCCCC)OC(=O)CCCCCCCC/C=C\C/C=C\C/C=C\CCCCCCC. The smallest absolute Gasteiger partial charge is 0.306 e. The molecule has 0 N–H and O–H groups in total. The summed E-state index contributed by atoms with van der Waals surface area (Å²) < 4.78 is 17.0. The molecule has 0 spiro atoms. The van der Waals surface area contributed by atoms with Gasteiger partial charge in [-0.05, 0) is 109 Å². The zero-order chi connectivity index (χ0) is 57.8. The highest BCUT2D eigenvalue weighted by Crippen LogP contribution is 2.17. The van der Waals surface area contributed by atoms with Crippen LogP contribution in [0.4, 0.5) is 0 Å². The van der Waals surface area contributed by atoms with E-state index in [1.54, 1.807) is 0 Å². The van der Waals surface area contributed by atoms with Gasteiger partial charge in [-0.2, -0.15) is 0 Å². The van der Waals surface area contributed by atoms with E-state index in [0.717, 1.165) is 135 Å². The van der Waals surface area contributed by atoms with E-state index in [4.69, 9.17) is 14.2 Å². The number of carbonyl (C=O) groups excluding carboxylic acids is 3. The van der Waals surface area contributed by atoms with E-state index >= 15 is 0 Å². The molecule has 0 fully saturated rings. The monoisotopic (exact) mass is 1110 g/mol. The molecule has 0 saturated heterocycles. The van der Waals surface area contributed by atoms with E-state index in [2.05, 4.69) is 130 Å². The van der Waals surface area contributed by atoms with Crippen LogP contribution in [0.3, 0.4) is 0 Å². The zero-order valence-corrected chi connectivity index (χ0v) is 52.6.